The van der Waals surface area contributed by atoms with Crippen LogP contribution in [-0.2, 0) is 16.6 Å². The lowest BCUT2D eigenvalue weighted by molar-refractivity contribution is 0.163. The lowest BCUT2D eigenvalue weighted by atomic mass is 10.2. The third-order valence-electron chi connectivity index (χ3n) is 4.36. The van der Waals surface area contributed by atoms with Crippen molar-refractivity contribution in [3.63, 3.8) is 0 Å². The lowest BCUT2D eigenvalue weighted by Crippen LogP contribution is -2.48. The predicted molar refractivity (Wildman–Crippen MR) is 97.2 cm³/mol. The number of benzene rings is 1. The Morgan fingerprint density at radius 2 is 1.85 bits per heavy atom. The molecular formula is C17H24N4O4S. The molecule has 0 spiro atoms. The summed E-state index contributed by atoms with van der Waals surface area (Å²) < 4.78 is 36.3. The first-order valence-corrected chi connectivity index (χ1v) is 10.3. The number of sulfonamides is 1. The molecule has 9 heteroatoms. The number of hydrogen-bond donors (Lipinski definition) is 0. The van der Waals surface area contributed by atoms with Crippen LogP contribution in [-0.4, -0.2) is 66.8 Å². The van der Waals surface area contributed by atoms with Gasteiger partial charge in [0.25, 0.3) is 0 Å². The average molecular weight is 380 g/mol. The van der Waals surface area contributed by atoms with Gasteiger partial charge in [0.05, 0.1) is 19.4 Å². The maximum atomic E-state index is 12.1. The van der Waals surface area contributed by atoms with Gasteiger partial charge in [0.15, 0.2) is 0 Å². The molecule has 8 nitrogen and oxygen atoms in total. The minimum Gasteiger partial charge on any atom is -0.497 e. The van der Waals surface area contributed by atoms with Crippen LogP contribution in [0.4, 0.5) is 0 Å². The van der Waals surface area contributed by atoms with E-state index in [2.05, 4.69) is 15.0 Å². The molecule has 0 radical (unpaired) electrons. The van der Waals surface area contributed by atoms with E-state index >= 15 is 0 Å². The van der Waals surface area contributed by atoms with Crippen LogP contribution < -0.4 is 4.74 Å². The third-order valence-corrected chi connectivity index (χ3v) is 6.44. The number of nitrogens with zero attached hydrogens (tertiary/aromatic N) is 4. The van der Waals surface area contributed by atoms with E-state index in [4.69, 9.17) is 9.26 Å². The Morgan fingerprint density at radius 1 is 1.15 bits per heavy atom. The molecule has 1 aliphatic rings. The second-order valence-corrected chi connectivity index (χ2v) is 8.32. The summed E-state index contributed by atoms with van der Waals surface area (Å²) in [6.07, 6.45) is 0.638. The van der Waals surface area contributed by atoms with Crippen molar-refractivity contribution in [1.29, 1.82) is 0 Å². The molecule has 1 saturated heterocycles. The van der Waals surface area contributed by atoms with Crippen molar-refractivity contribution < 1.29 is 17.7 Å². The van der Waals surface area contributed by atoms with Crippen molar-refractivity contribution in [2.24, 2.45) is 0 Å². The van der Waals surface area contributed by atoms with Gasteiger partial charge in [-0.05, 0) is 30.7 Å². The zero-order valence-electron chi connectivity index (χ0n) is 15.1. The van der Waals surface area contributed by atoms with Crippen LogP contribution in [0.1, 0.15) is 19.2 Å². The van der Waals surface area contributed by atoms with Crippen molar-refractivity contribution in [2.45, 2.75) is 19.9 Å². The minimum atomic E-state index is -3.12. The minimum absolute atomic E-state index is 0.210. The highest BCUT2D eigenvalue weighted by atomic mass is 32.2. The van der Waals surface area contributed by atoms with Crippen molar-refractivity contribution in [3.8, 4) is 17.1 Å². The van der Waals surface area contributed by atoms with Gasteiger partial charge in [0.1, 0.15) is 5.75 Å². The van der Waals surface area contributed by atoms with Crippen LogP contribution in [0, 0.1) is 0 Å². The summed E-state index contributed by atoms with van der Waals surface area (Å²) >= 11 is 0. The topological polar surface area (TPSA) is 88.8 Å². The molecule has 26 heavy (non-hydrogen) atoms. The van der Waals surface area contributed by atoms with Gasteiger partial charge in [-0.15, -0.1) is 0 Å². The van der Waals surface area contributed by atoms with Crippen LogP contribution in [0.15, 0.2) is 28.8 Å². The molecule has 142 valence electrons. The summed E-state index contributed by atoms with van der Waals surface area (Å²) in [6.45, 7) is 4.71. The molecule has 0 bridgehead atoms. The molecule has 1 aromatic heterocycles. The fraction of sp³-hybridized carbons (Fsp3) is 0.529. The van der Waals surface area contributed by atoms with Crippen LogP contribution in [0.2, 0.25) is 0 Å². The molecule has 0 N–H and O–H groups in total. The lowest BCUT2D eigenvalue weighted by Gasteiger charge is -2.33. The molecule has 2 heterocycles. The number of methoxy groups -OCH3 is 1. The maximum Gasteiger partial charge on any atom is 0.241 e. The van der Waals surface area contributed by atoms with Gasteiger partial charge >= 0.3 is 0 Å². The number of rotatable bonds is 7. The van der Waals surface area contributed by atoms with Gasteiger partial charge in [-0.3, -0.25) is 4.90 Å². The molecule has 1 aromatic carbocycles. The Kier molecular flexibility index (Phi) is 5.90. The van der Waals surface area contributed by atoms with Crippen LogP contribution >= 0.6 is 0 Å². The largest absolute Gasteiger partial charge is 0.497 e. The quantitative estimate of drug-likeness (QED) is 0.721. The molecule has 0 amide bonds. The van der Waals surface area contributed by atoms with Crippen molar-refractivity contribution in [3.05, 3.63) is 30.2 Å². The Hall–Kier alpha value is -1.97. The monoisotopic (exact) mass is 380 g/mol. The van der Waals surface area contributed by atoms with Crippen LogP contribution in [0.5, 0.6) is 5.75 Å². The van der Waals surface area contributed by atoms with E-state index in [-0.39, 0.29) is 5.75 Å². The van der Waals surface area contributed by atoms with Gasteiger partial charge in [0.2, 0.25) is 21.7 Å². The molecule has 1 aliphatic heterocycles. The zero-order chi connectivity index (χ0) is 18.6. The molecule has 3 rings (SSSR count). The SMILES string of the molecule is CCCS(=O)(=O)N1CCN(Cc2nc(-c3ccc(OC)cc3)no2)CC1. The first-order chi connectivity index (χ1) is 12.5. The van der Waals surface area contributed by atoms with Gasteiger partial charge in [0, 0.05) is 31.7 Å². The molecule has 0 atom stereocenters. The zero-order valence-corrected chi connectivity index (χ0v) is 15.9. The predicted octanol–water partition coefficient (Wildman–Crippen LogP) is 1.60. The van der Waals surface area contributed by atoms with Gasteiger partial charge in [-0.2, -0.15) is 9.29 Å². The van der Waals surface area contributed by atoms with Crippen molar-refractivity contribution in [2.75, 3.05) is 39.0 Å². The fourth-order valence-electron chi connectivity index (χ4n) is 2.92. The molecular weight excluding hydrogens is 356 g/mol. The highest BCUT2D eigenvalue weighted by Gasteiger charge is 2.26. The second-order valence-electron chi connectivity index (χ2n) is 6.23. The molecule has 0 unspecified atom stereocenters. The van der Waals surface area contributed by atoms with E-state index in [0.29, 0.717) is 50.9 Å². The Morgan fingerprint density at radius 3 is 2.46 bits per heavy atom. The summed E-state index contributed by atoms with van der Waals surface area (Å²) in [5.74, 6) is 2.04. The molecule has 1 fully saturated rings. The molecule has 0 saturated carbocycles. The van der Waals surface area contributed by atoms with E-state index in [1.807, 2.05) is 31.2 Å². The highest BCUT2D eigenvalue weighted by Crippen LogP contribution is 2.20. The van der Waals surface area contributed by atoms with Gasteiger partial charge in [-0.1, -0.05) is 12.1 Å². The van der Waals surface area contributed by atoms with E-state index in [1.54, 1.807) is 11.4 Å². The van der Waals surface area contributed by atoms with Gasteiger partial charge < -0.3 is 9.26 Å². The summed E-state index contributed by atoms with van der Waals surface area (Å²) in [5.41, 5.74) is 0.858. The maximum absolute atomic E-state index is 12.1. The number of ether oxygens (including phenoxy) is 1. The summed E-state index contributed by atoms with van der Waals surface area (Å²) in [6, 6.07) is 7.46. The summed E-state index contributed by atoms with van der Waals surface area (Å²) in [5, 5.41) is 4.03. The Balaban J connectivity index is 1.57. The van der Waals surface area contributed by atoms with E-state index in [0.717, 1.165) is 11.3 Å². The normalized spacial score (nSPS) is 16.7. The van der Waals surface area contributed by atoms with E-state index in [9.17, 15) is 8.42 Å². The van der Waals surface area contributed by atoms with E-state index < -0.39 is 10.0 Å². The first-order valence-electron chi connectivity index (χ1n) is 8.69. The van der Waals surface area contributed by atoms with E-state index in [1.165, 1.54) is 0 Å². The Labute approximate surface area is 153 Å². The number of hydrogen-bond acceptors (Lipinski definition) is 7. The average Bonchev–Trinajstić information content (AvgIpc) is 3.11. The highest BCUT2D eigenvalue weighted by molar-refractivity contribution is 7.89. The molecule has 0 aliphatic carbocycles. The Bertz CT molecular complexity index is 812. The third kappa shape index (κ3) is 4.40. The fourth-order valence-corrected chi connectivity index (χ4v) is 4.41. The van der Waals surface area contributed by atoms with Crippen LogP contribution in [0.25, 0.3) is 11.4 Å². The van der Waals surface area contributed by atoms with Crippen molar-refractivity contribution in [1.82, 2.24) is 19.3 Å². The smallest absolute Gasteiger partial charge is 0.241 e. The van der Waals surface area contributed by atoms with Crippen LogP contribution in [0.3, 0.4) is 0 Å². The second kappa shape index (κ2) is 8.15. The number of piperazine rings is 1. The number of aromatic nitrogens is 2. The molecule has 2 aromatic rings. The van der Waals surface area contributed by atoms with Gasteiger partial charge in [-0.25, -0.2) is 8.42 Å². The summed E-state index contributed by atoms with van der Waals surface area (Å²) in [4.78, 5) is 6.56. The summed E-state index contributed by atoms with van der Waals surface area (Å²) in [7, 11) is -1.50. The van der Waals surface area contributed by atoms with Crippen molar-refractivity contribution >= 4 is 10.0 Å². The first kappa shape index (κ1) is 18.8. The standard InChI is InChI=1S/C17H24N4O4S/c1-3-12-26(22,23)21-10-8-20(9-11-21)13-16-18-17(19-25-16)14-4-6-15(24-2)7-5-14/h4-7H,3,8-13H2,1-2H3.